The number of aliphatic hydroxyl groups is 1. The van der Waals surface area contributed by atoms with E-state index in [2.05, 4.69) is 10.3 Å². The summed E-state index contributed by atoms with van der Waals surface area (Å²) in [5.41, 5.74) is 4.45. The summed E-state index contributed by atoms with van der Waals surface area (Å²) in [6.07, 6.45) is -4.45. The Morgan fingerprint density at radius 3 is 2.65 bits per heavy atom. The highest BCUT2D eigenvalue weighted by molar-refractivity contribution is 5.47. The summed E-state index contributed by atoms with van der Waals surface area (Å²) in [7, 11) is 0. The predicted octanol–water partition coefficient (Wildman–Crippen LogP) is 1.72. The topological polar surface area (TPSA) is 71.2 Å². The number of hydrogen-bond donors (Lipinski definition) is 3. The van der Waals surface area contributed by atoms with Gasteiger partial charge in [-0.3, -0.25) is 0 Å². The zero-order chi connectivity index (χ0) is 13.1. The standard InChI is InChI=1S/C10H14F3N3O/c1-6(5-17)4-15-9-3-7(10(11,12)13)2-8(14)16-9/h2-3,6,17H,4-5H2,1H3,(H3,14,15,16). The number of anilines is 2. The van der Waals surface area contributed by atoms with Crippen molar-refractivity contribution in [2.45, 2.75) is 13.1 Å². The molecule has 1 aromatic rings. The molecule has 0 bridgehead atoms. The largest absolute Gasteiger partial charge is 0.416 e. The fraction of sp³-hybridized carbons (Fsp3) is 0.500. The van der Waals surface area contributed by atoms with Crippen molar-refractivity contribution in [1.29, 1.82) is 0 Å². The second-order valence-electron chi connectivity index (χ2n) is 3.83. The van der Waals surface area contributed by atoms with Crippen molar-refractivity contribution in [3.63, 3.8) is 0 Å². The average molecular weight is 249 g/mol. The molecule has 1 aromatic heterocycles. The molecule has 1 heterocycles. The van der Waals surface area contributed by atoms with Crippen LogP contribution in [0, 0.1) is 5.92 Å². The first-order chi connectivity index (χ1) is 7.82. The molecule has 0 aliphatic heterocycles. The Hall–Kier alpha value is -1.50. The second-order valence-corrected chi connectivity index (χ2v) is 3.83. The van der Waals surface area contributed by atoms with E-state index in [1.165, 1.54) is 0 Å². The highest BCUT2D eigenvalue weighted by Crippen LogP contribution is 2.31. The molecule has 0 aliphatic carbocycles. The maximum absolute atomic E-state index is 12.5. The third-order valence-electron chi connectivity index (χ3n) is 2.12. The van der Waals surface area contributed by atoms with E-state index in [9.17, 15) is 13.2 Å². The Morgan fingerprint density at radius 1 is 1.47 bits per heavy atom. The first kappa shape index (κ1) is 13.6. The molecule has 0 amide bonds. The van der Waals surface area contributed by atoms with Gasteiger partial charge in [0.25, 0.3) is 0 Å². The fourth-order valence-electron chi connectivity index (χ4n) is 1.15. The highest BCUT2D eigenvalue weighted by atomic mass is 19.4. The SMILES string of the molecule is CC(CO)CNc1cc(C(F)(F)F)cc(N)n1. The van der Waals surface area contributed by atoms with Crippen LogP contribution >= 0.6 is 0 Å². The van der Waals surface area contributed by atoms with Crippen molar-refractivity contribution in [3.05, 3.63) is 17.7 Å². The van der Waals surface area contributed by atoms with Crippen molar-refractivity contribution in [1.82, 2.24) is 4.98 Å². The molecule has 0 radical (unpaired) electrons. The van der Waals surface area contributed by atoms with Crippen molar-refractivity contribution < 1.29 is 18.3 Å². The molecule has 0 aromatic carbocycles. The molecular formula is C10H14F3N3O. The Bertz CT molecular complexity index is 382. The minimum absolute atomic E-state index is 0.0534. The molecular weight excluding hydrogens is 235 g/mol. The molecule has 0 spiro atoms. The van der Waals surface area contributed by atoms with Gasteiger partial charge >= 0.3 is 6.18 Å². The van der Waals surface area contributed by atoms with E-state index in [-0.39, 0.29) is 24.2 Å². The molecule has 96 valence electrons. The van der Waals surface area contributed by atoms with Crippen LogP contribution in [0.2, 0.25) is 0 Å². The molecule has 1 rings (SSSR count). The van der Waals surface area contributed by atoms with Crippen molar-refractivity contribution in [3.8, 4) is 0 Å². The molecule has 0 fully saturated rings. The predicted molar refractivity (Wildman–Crippen MR) is 58.4 cm³/mol. The first-order valence-corrected chi connectivity index (χ1v) is 5.02. The normalized spacial score (nSPS) is 13.5. The lowest BCUT2D eigenvalue weighted by Crippen LogP contribution is -2.16. The van der Waals surface area contributed by atoms with Gasteiger partial charge in [0.2, 0.25) is 0 Å². The molecule has 0 saturated carbocycles. The van der Waals surface area contributed by atoms with E-state index in [0.29, 0.717) is 6.54 Å². The minimum Gasteiger partial charge on any atom is -0.396 e. The maximum Gasteiger partial charge on any atom is 0.416 e. The number of nitrogens with zero attached hydrogens (tertiary/aromatic N) is 1. The van der Waals surface area contributed by atoms with Crippen LogP contribution in [0.5, 0.6) is 0 Å². The lowest BCUT2D eigenvalue weighted by Gasteiger charge is -2.13. The quantitative estimate of drug-likeness (QED) is 0.759. The summed E-state index contributed by atoms with van der Waals surface area (Å²) in [5, 5.41) is 11.5. The molecule has 1 unspecified atom stereocenters. The van der Waals surface area contributed by atoms with E-state index >= 15 is 0 Å². The fourth-order valence-corrected chi connectivity index (χ4v) is 1.15. The number of nitrogens with two attached hydrogens (primary N) is 1. The molecule has 17 heavy (non-hydrogen) atoms. The van der Waals surface area contributed by atoms with Crippen LogP contribution in [-0.4, -0.2) is 23.2 Å². The Morgan fingerprint density at radius 2 is 2.12 bits per heavy atom. The van der Waals surface area contributed by atoms with Crippen molar-refractivity contribution in [2.75, 3.05) is 24.2 Å². The molecule has 0 aliphatic rings. The van der Waals surface area contributed by atoms with Crippen LogP contribution in [0.25, 0.3) is 0 Å². The monoisotopic (exact) mass is 249 g/mol. The molecule has 0 saturated heterocycles. The van der Waals surface area contributed by atoms with Gasteiger partial charge in [-0.1, -0.05) is 6.92 Å². The van der Waals surface area contributed by atoms with E-state index < -0.39 is 11.7 Å². The number of pyridine rings is 1. The maximum atomic E-state index is 12.5. The van der Waals surface area contributed by atoms with Crippen LogP contribution in [0.4, 0.5) is 24.8 Å². The van der Waals surface area contributed by atoms with Gasteiger partial charge in [-0.25, -0.2) is 4.98 Å². The van der Waals surface area contributed by atoms with Crippen LogP contribution in [0.1, 0.15) is 12.5 Å². The Labute approximate surface area is 96.7 Å². The zero-order valence-corrected chi connectivity index (χ0v) is 9.25. The number of halogens is 3. The third kappa shape index (κ3) is 4.10. The lowest BCUT2D eigenvalue weighted by molar-refractivity contribution is -0.137. The summed E-state index contributed by atoms with van der Waals surface area (Å²) in [5.74, 6) is -0.218. The zero-order valence-electron chi connectivity index (χ0n) is 9.25. The smallest absolute Gasteiger partial charge is 0.396 e. The van der Waals surface area contributed by atoms with Crippen LogP contribution in [0.3, 0.4) is 0 Å². The lowest BCUT2D eigenvalue weighted by atomic mass is 10.2. The molecule has 1 atom stereocenters. The summed E-state index contributed by atoms with van der Waals surface area (Å²) in [6.45, 7) is 2.02. The molecule has 4 N–H and O–H groups in total. The number of nitrogens with one attached hydrogen (secondary N) is 1. The van der Waals surface area contributed by atoms with Gasteiger partial charge in [0.05, 0.1) is 5.56 Å². The summed E-state index contributed by atoms with van der Waals surface area (Å²) in [4.78, 5) is 3.74. The Kier molecular flexibility index (Phi) is 4.17. The third-order valence-corrected chi connectivity index (χ3v) is 2.12. The van der Waals surface area contributed by atoms with Crippen molar-refractivity contribution >= 4 is 11.6 Å². The van der Waals surface area contributed by atoms with Gasteiger partial charge in [-0.2, -0.15) is 13.2 Å². The van der Waals surface area contributed by atoms with Gasteiger partial charge < -0.3 is 16.2 Å². The van der Waals surface area contributed by atoms with Gasteiger partial charge in [-0.15, -0.1) is 0 Å². The summed E-state index contributed by atoms with van der Waals surface area (Å²) in [6, 6.07) is 1.67. The number of aromatic nitrogens is 1. The molecule has 7 heteroatoms. The van der Waals surface area contributed by atoms with Gasteiger partial charge in [-0.05, 0) is 18.1 Å². The number of alkyl halides is 3. The number of aliphatic hydroxyl groups excluding tert-OH is 1. The second kappa shape index (κ2) is 5.22. The summed E-state index contributed by atoms with van der Waals surface area (Å²) < 4.78 is 37.4. The highest BCUT2D eigenvalue weighted by Gasteiger charge is 2.31. The number of nitrogen functional groups attached to an aromatic ring is 1. The number of rotatable bonds is 4. The molecule has 4 nitrogen and oxygen atoms in total. The first-order valence-electron chi connectivity index (χ1n) is 5.02. The average Bonchev–Trinajstić information content (AvgIpc) is 2.24. The van der Waals surface area contributed by atoms with E-state index in [1.54, 1.807) is 6.92 Å². The van der Waals surface area contributed by atoms with Crippen LogP contribution < -0.4 is 11.1 Å². The number of hydrogen-bond acceptors (Lipinski definition) is 4. The van der Waals surface area contributed by atoms with E-state index in [0.717, 1.165) is 12.1 Å². The van der Waals surface area contributed by atoms with Crippen LogP contribution in [0.15, 0.2) is 12.1 Å². The van der Waals surface area contributed by atoms with Crippen molar-refractivity contribution in [2.24, 2.45) is 5.92 Å². The van der Waals surface area contributed by atoms with Gasteiger partial charge in [0, 0.05) is 13.2 Å². The van der Waals surface area contributed by atoms with Gasteiger partial charge in [0.15, 0.2) is 0 Å². The Balaban J connectivity index is 2.83. The van der Waals surface area contributed by atoms with Gasteiger partial charge in [0.1, 0.15) is 11.6 Å². The summed E-state index contributed by atoms with van der Waals surface area (Å²) >= 11 is 0. The van der Waals surface area contributed by atoms with Crippen LogP contribution in [-0.2, 0) is 6.18 Å². The minimum atomic E-state index is -4.45. The van der Waals surface area contributed by atoms with E-state index in [1.807, 2.05) is 0 Å². The van der Waals surface area contributed by atoms with E-state index in [4.69, 9.17) is 10.8 Å².